The Hall–Kier alpha value is -2.93. The van der Waals surface area contributed by atoms with Crippen LogP contribution in [0.5, 0.6) is 5.75 Å². The molecule has 1 aliphatic heterocycles. The van der Waals surface area contributed by atoms with Crippen LogP contribution in [0.25, 0.3) is 0 Å². The van der Waals surface area contributed by atoms with Crippen LogP contribution in [0.15, 0.2) is 60.8 Å². The van der Waals surface area contributed by atoms with Gasteiger partial charge in [-0.1, -0.05) is 48.4 Å². The highest BCUT2D eigenvalue weighted by atomic mass is 32.2. The topological polar surface area (TPSA) is 72.4 Å². The highest BCUT2D eigenvalue weighted by Gasteiger charge is 2.40. The molecule has 6 nitrogen and oxygen atoms in total. The van der Waals surface area contributed by atoms with Crippen LogP contribution in [0.4, 0.5) is 5.95 Å². The van der Waals surface area contributed by atoms with Crippen molar-refractivity contribution in [3.8, 4) is 5.75 Å². The van der Waals surface area contributed by atoms with Gasteiger partial charge in [0.1, 0.15) is 12.4 Å². The maximum absolute atomic E-state index is 11.6. The number of benzene rings is 2. The first-order valence-electron chi connectivity index (χ1n) is 11.4. The number of hydrogen-bond acceptors (Lipinski definition) is 6. The van der Waals surface area contributed by atoms with E-state index in [1.54, 1.807) is 6.20 Å². The third-order valence-electron chi connectivity index (χ3n) is 7.04. The van der Waals surface area contributed by atoms with Crippen molar-refractivity contribution in [2.24, 2.45) is 0 Å². The molecule has 1 saturated carbocycles. The molecule has 1 aliphatic carbocycles. The molecule has 2 heterocycles. The molecule has 0 radical (unpaired) electrons. The van der Waals surface area contributed by atoms with Gasteiger partial charge in [0.15, 0.2) is 9.84 Å². The SMILES string of the molecule is Cc1ccc(C2(c3ccc(OCc4ccnc(N5CC(S(C)(=O)=O)C5)n4)cc3)CCC2)cc1. The largest absolute Gasteiger partial charge is 0.487 e. The number of hydrogen-bond donors (Lipinski definition) is 0. The Labute approximate surface area is 195 Å². The molecular formula is C26H29N3O3S. The first-order chi connectivity index (χ1) is 15.8. The highest BCUT2D eigenvalue weighted by Crippen LogP contribution is 2.49. The van der Waals surface area contributed by atoms with Crippen LogP contribution in [0.2, 0.25) is 0 Å². The maximum Gasteiger partial charge on any atom is 0.225 e. The van der Waals surface area contributed by atoms with Crippen molar-refractivity contribution in [2.45, 2.75) is 43.5 Å². The lowest BCUT2D eigenvalue weighted by Crippen LogP contribution is -2.55. The predicted molar refractivity (Wildman–Crippen MR) is 129 cm³/mol. The van der Waals surface area contributed by atoms with Crippen LogP contribution in [-0.4, -0.2) is 43.0 Å². The summed E-state index contributed by atoms with van der Waals surface area (Å²) in [5.41, 5.74) is 4.91. The van der Waals surface area contributed by atoms with Crippen molar-refractivity contribution in [2.75, 3.05) is 24.2 Å². The molecule has 0 bridgehead atoms. The molecule has 1 aromatic heterocycles. The van der Waals surface area contributed by atoms with E-state index in [9.17, 15) is 8.42 Å². The second kappa shape index (κ2) is 8.45. The van der Waals surface area contributed by atoms with Gasteiger partial charge in [-0.05, 0) is 49.1 Å². The summed E-state index contributed by atoms with van der Waals surface area (Å²) < 4.78 is 29.3. The number of sulfone groups is 1. The third-order valence-corrected chi connectivity index (χ3v) is 8.55. The van der Waals surface area contributed by atoms with Crippen LogP contribution in [-0.2, 0) is 21.9 Å². The van der Waals surface area contributed by atoms with Crippen molar-refractivity contribution >= 4 is 15.8 Å². The van der Waals surface area contributed by atoms with Crippen LogP contribution in [0.3, 0.4) is 0 Å². The molecule has 3 aromatic rings. The lowest BCUT2D eigenvalue weighted by atomic mass is 9.60. The monoisotopic (exact) mass is 463 g/mol. The van der Waals surface area contributed by atoms with E-state index in [-0.39, 0.29) is 10.7 Å². The van der Waals surface area contributed by atoms with E-state index in [4.69, 9.17) is 4.74 Å². The van der Waals surface area contributed by atoms with Gasteiger partial charge in [0.2, 0.25) is 5.95 Å². The van der Waals surface area contributed by atoms with Gasteiger partial charge in [0.25, 0.3) is 0 Å². The minimum atomic E-state index is -3.02. The molecule has 172 valence electrons. The summed E-state index contributed by atoms with van der Waals surface area (Å²) >= 11 is 0. The molecule has 5 rings (SSSR count). The van der Waals surface area contributed by atoms with Crippen LogP contribution >= 0.6 is 0 Å². The molecule has 0 spiro atoms. The molecule has 0 unspecified atom stereocenters. The lowest BCUT2D eigenvalue weighted by molar-refractivity contribution is 0.294. The molecular weight excluding hydrogens is 434 g/mol. The molecule has 0 atom stereocenters. The van der Waals surface area contributed by atoms with Gasteiger partial charge < -0.3 is 9.64 Å². The fourth-order valence-corrected chi connectivity index (χ4v) is 5.57. The van der Waals surface area contributed by atoms with E-state index in [2.05, 4.69) is 53.3 Å². The summed E-state index contributed by atoms with van der Waals surface area (Å²) in [6.07, 6.45) is 6.58. The summed E-state index contributed by atoms with van der Waals surface area (Å²) in [6, 6.07) is 19.2. The van der Waals surface area contributed by atoms with E-state index in [1.807, 2.05) is 23.1 Å². The number of anilines is 1. The minimum Gasteiger partial charge on any atom is -0.487 e. The molecule has 33 heavy (non-hydrogen) atoms. The number of nitrogens with zero attached hydrogens (tertiary/aromatic N) is 3. The van der Waals surface area contributed by atoms with Gasteiger partial charge >= 0.3 is 0 Å². The quantitative estimate of drug-likeness (QED) is 0.526. The Morgan fingerprint density at radius 3 is 2.21 bits per heavy atom. The van der Waals surface area contributed by atoms with Gasteiger partial charge in [-0.3, -0.25) is 0 Å². The van der Waals surface area contributed by atoms with Crippen molar-refractivity contribution in [3.05, 3.63) is 83.2 Å². The standard InChI is InChI=1S/C26H29N3O3S/c1-19-4-6-20(7-5-19)26(13-3-14-26)21-8-10-23(11-9-21)32-18-22-12-15-27-25(28-22)29-16-24(17-29)33(2,30)31/h4-12,15,24H,3,13-14,16-18H2,1-2H3. The average Bonchev–Trinajstić information content (AvgIpc) is 2.72. The molecule has 2 fully saturated rings. The second-order valence-corrected chi connectivity index (χ2v) is 11.6. The van der Waals surface area contributed by atoms with E-state index in [1.165, 1.54) is 42.2 Å². The van der Waals surface area contributed by atoms with Crippen LogP contribution < -0.4 is 9.64 Å². The van der Waals surface area contributed by atoms with E-state index < -0.39 is 9.84 Å². The Morgan fingerprint density at radius 2 is 1.64 bits per heavy atom. The maximum atomic E-state index is 11.6. The Morgan fingerprint density at radius 1 is 1.00 bits per heavy atom. The van der Waals surface area contributed by atoms with Gasteiger partial charge in [-0.15, -0.1) is 0 Å². The zero-order chi connectivity index (χ0) is 23.1. The number of ether oxygens (including phenoxy) is 1. The van der Waals surface area contributed by atoms with Gasteiger partial charge in [-0.25, -0.2) is 18.4 Å². The fraction of sp³-hybridized carbons (Fsp3) is 0.385. The van der Waals surface area contributed by atoms with Crippen molar-refractivity contribution in [1.29, 1.82) is 0 Å². The van der Waals surface area contributed by atoms with Crippen molar-refractivity contribution in [1.82, 2.24) is 9.97 Å². The Balaban J connectivity index is 1.23. The second-order valence-electron chi connectivity index (χ2n) is 9.32. The Bertz CT molecular complexity index is 1230. The van der Waals surface area contributed by atoms with E-state index in [0.717, 1.165) is 11.4 Å². The van der Waals surface area contributed by atoms with Crippen molar-refractivity contribution in [3.63, 3.8) is 0 Å². The molecule has 2 aromatic carbocycles. The summed E-state index contributed by atoms with van der Waals surface area (Å²) in [5, 5.41) is -0.335. The van der Waals surface area contributed by atoms with Gasteiger partial charge in [0, 0.05) is 31.0 Å². The molecule has 0 N–H and O–H groups in total. The first kappa shape index (κ1) is 21.9. The third kappa shape index (κ3) is 4.34. The Kier molecular flexibility index (Phi) is 5.60. The van der Waals surface area contributed by atoms with Gasteiger partial charge in [0.05, 0.1) is 10.9 Å². The summed E-state index contributed by atoms with van der Waals surface area (Å²) in [4.78, 5) is 10.7. The minimum absolute atomic E-state index is 0.120. The van der Waals surface area contributed by atoms with Crippen LogP contribution in [0, 0.1) is 6.92 Å². The van der Waals surface area contributed by atoms with E-state index in [0.29, 0.717) is 25.6 Å². The summed E-state index contributed by atoms with van der Waals surface area (Å²) in [7, 11) is -3.02. The van der Waals surface area contributed by atoms with Gasteiger partial charge in [-0.2, -0.15) is 0 Å². The van der Waals surface area contributed by atoms with Crippen molar-refractivity contribution < 1.29 is 13.2 Å². The molecule has 1 saturated heterocycles. The smallest absolute Gasteiger partial charge is 0.225 e. The number of rotatable bonds is 7. The highest BCUT2D eigenvalue weighted by molar-refractivity contribution is 7.91. The molecule has 2 aliphatic rings. The molecule has 0 amide bonds. The van der Waals surface area contributed by atoms with Crippen LogP contribution in [0.1, 0.15) is 41.6 Å². The number of aromatic nitrogens is 2. The fourth-order valence-electron chi connectivity index (χ4n) is 4.66. The summed E-state index contributed by atoms with van der Waals surface area (Å²) in [5.74, 6) is 1.36. The predicted octanol–water partition coefficient (Wildman–Crippen LogP) is 4.07. The number of aryl methyl sites for hydroxylation is 1. The lowest BCUT2D eigenvalue weighted by Gasteiger charge is -2.43. The van der Waals surface area contributed by atoms with E-state index >= 15 is 0 Å². The zero-order valence-corrected chi connectivity index (χ0v) is 19.9. The first-order valence-corrected chi connectivity index (χ1v) is 13.4. The normalized spacial score (nSPS) is 17.8. The average molecular weight is 464 g/mol. The summed E-state index contributed by atoms with van der Waals surface area (Å²) in [6.45, 7) is 3.34. The molecule has 7 heteroatoms. The zero-order valence-electron chi connectivity index (χ0n) is 19.1.